The van der Waals surface area contributed by atoms with Crippen molar-refractivity contribution < 1.29 is 14.3 Å². The molecule has 1 amide bonds. The van der Waals surface area contributed by atoms with Gasteiger partial charge in [0, 0.05) is 18.3 Å². The molecule has 1 heterocycles. The fraction of sp³-hybridized carbons (Fsp3) is 0.333. The number of carbonyl (C=O) groups excluding carboxylic acids is 1. The zero-order chi connectivity index (χ0) is 15.2. The van der Waals surface area contributed by atoms with E-state index in [1.54, 1.807) is 19.1 Å². The molecule has 0 fully saturated rings. The lowest BCUT2D eigenvalue weighted by Gasteiger charge is -2.05. The second-order valence-electron chi connectivity index (χ2n) is 4.87. The summed E-state index contributed by atoms with van der Waals surface area (Å²) in [4.78, 5) is 16.0. The molecule has 0 aliphatic rings. The van der Waals surface area contributed by atoms with Gasteiger partial charge in [-0.15, -0.1) is 11.3 Å². The van der Waals surface area contributed by atoms with Crippen LogP contribution in [0.25, 0.3) is 0 Å². The monoisotopic (exact) mass is 308 g/mol. The number of aromatic nitrogens is 1. The van der Waals surface area contributed by atoms with Crippen LogP contribution >= 0.6 is 11.3 Å². The Morgan fingerprint density at radius 3 is 2.81 bits per heavy atom. The Morgan fingerprint density at radius 1 is 1.43 bits per heavy atom. The van der Waals surface area contributed by atoms with Crippen LogP contribution in [-0.4, -0.2) is 28.6 Å². The van der Waals surface area contributed by atoms with Crippen molar-refractivity contribution in [2.24, 2.45) is 0 Å². The zero-order valence-electron chi connectivity index (χ0n) is 11.7. The number of rotatable bonds is 6. The Morgan fingerprint density at radius 2 is 2.14 bits per heavy atom. The molecule has 0 radical (unpaired) electrons. The number of halogens is 1. The van der Waals surface area contributed by atoms with Gasteiger partial charge in [-0.2, -0.15) is 0 Å². The van der Waals surface area contributed by atoms with E-state index < -0.39 is 6.10 Å². The highest BCUT2D eigenvalue weighted by Crippen LogP contribution is 2.15. The highest BCUT2D eigenvalue weighted by molar-refractivity contribution is 7.09. The van der Waals surface area contributed by atoms with Crippen molar-refractivity contribution >= 4 is 17.2 Å². The Bertz CT molecular complexity index is 596. The van der Waals surface area contributed by atoms with Crippen molar-refractivity contribution in [1.29, 1.82) is 0 Å². The van der Waals surface area contributed by atoms with Crippen LogP contribution in [0.15, 0.2) is 29.6 Å². The first-order valence-corrected chi connectivity index (χ1v) is 7.53. The molecule has 2 rings (SSSR count). The lowest BCUT2D eigenvalue weighted by molar-refractivity contribution is -0.120. The molecule has 1 unspecified atom stereocenters. The number of aliphatic hydroxyl groups is 1. The van der Waals surface area contributed by atoms with Gasteiger partial charge in [0.25, 0.3) is 0 Å². The summed E-state index contributed by atoms with van der Waals surface area (Å²) in [6.07, 6.45) is 0.269. The maximum atomic E-state index is 12.8. The standard InChI is InChI=1S/C15H17FN2O2S/c1-10(19)8-17-14(20)7-13-9-21-15(18-13)6-11-2-4-12(16)5-3-11/h2-5,9-10,19H,6-8H2,1H3,(H,17,20). The van der Waals surface area contributed by atoms with Gasteiger partial charge in [0.15, 0.2) is 0 Å². The van der Waals surface area contributed by atoms with Gasteiger partial charge in [-0.05, 0) is 24.6 Å². The Hall–Kier alpha value is -1.79. The number of nitrogens with one attached hydrogen (secondary N) is 1. The first-order chi connectivity index (χ1) is 10.0. The molecule has 2 aromatic rings. The topological polar surface area (TPSA) is 62.2 Å². The molecule has 2 N–H and O–H groups in total. The van der Waals surface area contributed by atoms with Crippen molar-refractivity contribution in [2.75, 3.05) is 6.54 Å². The largest absolute Gasteiger partial charge is 0.392 e. The molecule has 4 nitrogen and oxygen atoms in total. The van der Waals surface area contributed by atoms with Crippen LogP contribution in [0.3, 0.4) is 0 Å². The van der Waals surface area contributed by atoms with E-state index in [1.165, 1.54) is 23.5 Å². The van der Waals surface area contributed by atoms with E-state index in [9.17, 15) is 9.18 Å². The van der Waals surface area contributed by atoms with Crippen molar-refractivity contribution in [1.82, 2.24) is 10.3 Å². The van der Waals surface area contributed by atoms with Gasteiger partial charge < -0.3 is 10.4 Å². The average molecular weight is 308 g/mol. The molecule has 1 atom stereocenters. The van der Waals surface area contributed by atoms with Crippen LogP contribution in [0.2, 0.25) is 0 Å². The van der Waals surface area contributed by atoms with Crippen LogP contribution in [0.5, 0.6) is 0 Å². The summed E-state index contributed by atoms with van der Waals surface area (Å²) in [6.45, 7) is 1.86. The van der Waals surface area contributed by atoms with Crippen molar-refractivity contribution in [3.8, 4) is 0 Å². The molecule has 0 aliphatic carbocycles. The first kappa shape index (κ1) is 15.6. The van der Waals surface area contributed by atoms with Crippen molar-refractivity contribution in [3.63, 3.8) is 0 Å². The van der Waals surface area contributed by atoms with Gasteiger partial charge >= 0.3 is 0 Å². The number of hydrogen-bond donors (Lipinski definition) is 2. The minimum atomic E-state index is -0.557. The Kier molecular flexibility index (Phi) is 5.41. The van der Waals surface area contributed by atoms with Gasteiger partial charge in [-0.1, -0.05) is 12.1 Å². The SMILES string of the molecule is CC(O)CNC(=O)Cc1csc(Cc2ccc(F)cc2)n1. The summed E-state index contributed by atoms with van der Waals surface area (Å²) in [5, 5.41) is 14.5. The molecule has 0 aliphatic heterocycles. The normalized spacial score (nSPS) is 12.1. The maximum Gasteiger partial charge on any atom is 0.226 e. The molecule has 0 saturated carbocycles. The van der Waals surface area contributed by atoms with Gasteiger partial charge in [-0.3, -0.25) is 4.79 Å². The summed E-state index contributed by atoms with van der Waals surface area (Å²) in [6, 6.07) is 6.30. The fourth-order valence-electron chi connectivity index (χ4n) is 1.78. The molecule has 0 saturated heterocycles. The molecule has 0 bridgehead atoms. The van der Waals surface area contributed by atoms with Gasteiger partial charge in [0.05, 0.1) is 23.2 Å². The molecule has 1 aromatic carbocycles. The molecular weight excluding hydrogens is 291 g/mol. The molecule has 6 heteroatoms. The average Bonchev–Trinajstić information content (AvgIpc) is 2.86. The fourth-order valence-corrected chi connectivity index (χ4v) is 2.60. The summed E-state index contributed by atoms with van der Waals surface area (Å²) in [5.74, 6) is -0.414. The van der Waals surface area contributed by atoms with Crippen molar-refractivity contribution in [2.45, 2.75) is 25.9 Å². The summed E-state index contributed by atoms with van der Waals surface area (Å²) >= 11 is 1.48. The third kappa shape index (κ3) is 5.24. The smallest absolute Gasteiger partial charge is 0.226 e. The number of benzene rings is 1. The number of hydrogen-bond acceptors (Lipinski definition) is 4. The third-order valence-corrected chi connectivity index (χ3v) is 3.70. The highest BCUT2D eigenvalue weighted by Gasteiger charge is 2.09. The van der Waals surface area contributed by atoms with Crippen LogP contribution < -0.4 is 5.32 Å². The number of amides is 1. The van der Waals surface area contributed by atoms with Gasteiger partial charge in [-0.25, -0.2) is 9.37 Å². The van der Waals surface area contributed by atoms with Crippen LogP contribution in [0.1, 0.15) is 23.2 Å². The van der Waals surface area contributed by atoms with E-state index in [4.69, 9.17) is 5.11 Å². The van der Waals surface area contributed by atoms with Crippen molar-refractivity contribution in [3.05, 3.63) is 51.7 Å². The lowest BCUT2D eigenvalue weighted by atomic mass is 10.1. The van der Waals surface area contributed by atoms with E-state index in [-0.39, 0.29) is 24.7 Å². The minimum Gasteiger partial charge on any atom is -0.392 e. The third-order valence-electron chi connectivity index (χ3n) is 2.80. The quantitative estimate of drug-likeness (QED) is 0.857. The predicted molar refractivity (Wildman–Crippen MR) is 79.7 cm³/mol. The summed E-state index contributed by atoms with van der Waals surface area (Å²) in [7, 11) is 0. The number of thiazole rings is 1. The number of carbonyl (C=O) groups is 1. The van der Waals surface area contributed by atoms with E-state index in [0.717, 1.165) is 10.6 Å². The second kappa shape index (κ2) is 7.28. The molecule has 1 aromatic heterocycles. The van der Waals surface area contributed by atoms with Gasteiger partial charge in [0.2, 0.25) is 5.91 Å². The van der Waals surface area contributed by atoms with Crippen LogP contribution in [-0.2, 0) is 17.6 Å². The van der Waals surface area contributed by atoms with E-state index in [0.29, 0.717) is 12.1 Å². The van der Waals surface area contributed by atoms with E-state index >= 15 is 0 Å². The second-order valence-corrected chi connectivity index (χ2v) is 5.81. The molecule has 21 heavy (non-hydrogen) atoms. The maximum absolute atomic E-state index is 12.8. The Labute approximate surface area is 126 Å². The number of nitrogens with zero attached hydrogens (tertiary/aromatic N) is 1. The summed E-state index contributed by atoms with van der Waals surface area (Å²) < 4.78 is 12.8. The van der Waals surface area contributed by atoms with Crippen LogP contribution in [0, 0.1) is 5.82 Å². The highest BCUT2D eigenvalue weighted by atomic mass is 32.1. The lowest BCUT2D eigenvalue weighted by Crippen LogP contribution is -2.31. The van der Waals surface area contributed by atoms with Gasteiger partial charge in [0.1, 0.15) is 5.82 Å². The van der Waals surface area contributed by atoms with E-state index in [1.807, 2.05) is 5.38 Å². The van der Waals surface area contributed by atoms with Crippen LogP contribution in [0.4, 0.5) is 4.39 Å². The first-order valence-electron chi connectivity index (χ1n) is 6.65. The van der Waals surface area contributed by atoms with E-state index in [2.05, 4.69) is 10.3 Å². The zero-order valence-corrected chi connectivity index (χ0v) is 12.5. The minimum absolute atomic E-state index is 0.158. The molecule has 112 valence electrons. The Balaban J connectivity index is 1.89. The summed E-state index contributed by atoms with van der Waals surface area (Å²) in [5.41, 5.74) is 1.69. The number of aliphatic hydroxyl groups excluding tert-OH is 1. The molecule has 0 spiro atoms. The molecular formula is C15H17FN2O2S. The predicted octanol–water partition coefficient (Wildman–Crippen LogP) is 1.91.